The molecule has 3 heterocycles. The number of aryl methyl sites for hydroxylation is 1. The number of thiophene rings is 1. The van der Waals surface area contributed by atoms with Crippen molar-refractivity contribution in [2.24, 2.45) is 0 Å². The standard InChI is InChI=1S/C23H27N3O4S2/c1-24(2)32(28,29)21-9-10-22-18(14-21)6-3-11-26(22)23(27)17-25(15-19-7-4-12-30-19)16-20-8-5-13-31-20/h4-5,7-10,12-14H,3,6,11,15-17H2,1-2H3. The van der Waals surface area contributed by atoms with Crippen LogP contribution in [-0.4, -0.2) is 50.7 Å². The lowest BCUT2D eigenvalue weighted by Gasteiger charge is -2.32. The van der Waals surface area contributed by atoms with E-state index in [1.54, 1.807) is 40.7 Å². The van der Waals surface area contributed by atoms with Gasteiger partial charge in [0.1, 0.15) is 5.76 Å². The topological polar surface area (TPSA) is 74.1 Å². The highest BCUT2D eigenvalue weighted by Crippen LogP contribution is 2.30. The summed E-state index contributed by atoms with van der Waals surface area (Å²) in [6.45, 7) is 2.07. The van der Waals surface area contributed by atoms with Gasteiger partial charge < -0.3 is 9.32 Å². The molecule has 0 radical (unpaired) electrons. The highest BCUT2D eigenvalue weighted by atomic mass is 32.2. The molecule has 3 aromatic rings. The number of furan rings is 1. The molecule has 32 heavy (non-hydrogen) atoms. The zero-order chi connectivity index (χ0) is 22.7. The van der Waals surface area contributed by atoms with Gasteiger partial charge >= 0.3 is 0 Å². The molecule has 0 bridgehead atoms. The molecule has 1 aromatic carbocycles. The number of carbonyl (C=O) groups excluding carboxylic acids is 1. The van der Waals surface area contributed by atoms with Crippen molar-refractivity contribution in [3.8, 4) is 0 Å². The van der Waals surface area contributed by atoms with Gasteiger partial charge in [-0.3, -0.25) is 9.69 Å². The number of anilines is 1. The molecule has 1 aliphatic rings. The Morgan fingerprint density at radius 1 is 1.16 bits per heavy atom. The van der Waals surface area contributed by atoms with Crippen molar-refractivity contribution in [3.05, 3.63) is 70.3 Å². The normalized spacial score (nSPS) is 14.2. The number of hydrogen-bond acceptors (Lipinski definition) is 6. The van der Waals surface area contributed by atoms with E-state index >= 15 is 0 Å². The van der Waals surface area contributed by atoms with Gasteiger partial charge in [-0.2, -0.15) is 0 Å². The lowest BCUT2D eigenvalue weighted by atomic mass is 10.0. The van der Waals surface area contributed by atoms with Crippen LogP contribution in [0, 0.1) is 0 Å². The second-order valence-electron chi connectivity index (χ2n) is 8.03. The van der Waals surface area contributed by atoms with Gasteiger partial charge in [0, 0.05) is 37.7 Å². The Kier molecular flexibility index (Phi) is 6.80. The van der Waals surface area contributed by atoms with Crippen LogP contribution in [0.3, 0.4) is 0 Å². The average molecular weight is 474 g/mol. The third kappa shape index (κ3) is 4.96. The van der Waals surface area contributed by atoms with E-state index in [0.29, 0.717) is 19.6 Å². The number of hydrogen-bond donors (Lipinski definition) is 0. The van der Waals surface area contributed by atoms with Crippen molar-refractivity contribution >= 4 is 33.0 Å². The molecule has 1 amide bonds. The van der Waals surface area contributed by atoms with Crippen LogP contribution in [0.25, 0.3) is 0 Å². The molecule has 0 spiro atoms. The molecular weight excluding hydrogens is 446 g/mol. The molecule has 0 N–H and O–H groups in total. The van der Waals surface area contributed by atoms with E-state index in [0.717, 1.165) is 29.9 Å². The van der Waals surface area contributed by atoms with E-state index in [1.165, 1.54) is 23.3 Å². The molecule has 7 nitrogen and oxygen atoms in total. The molecule has 0 aliphatic carbocycles. The summed E-state index contributed by atoms with van der Waals surface area (Å²) in [4.78, 5) is 18.7. The smallest absolute Gasteiger partial charge is 0.242 e. The van der Waals surface area contributed by atoms with Crippen molar-refractivity contribution in [2.75, 3.05) is 32.1 Å². The lowest BCUT2D eigenvalue weighted by Crippen LogP contribution is -2.42. The second-order valence-corrected chi connectivity index (χ2v) is 11.2. The minimum absolute atomic E-state index is 0.00252. The van der Waals surface area contributed by atoms with Crippen molar-refractivity contribution in [1.29, 1.82) is 0 Å². The van der Waals surface area contributed by atoms with E-state index in [2.05, 4.69) is 11.0 Å². The summed E-state index contributed by atoms with van der Waals surface area (Å²) in [6.07, 6.45) is 3.19. The largest absolute Gasteiger partial charge is 0.468 e. The van der Waals surface area contributed by atoms with Gasteiger partial charge in [0.25, 0.3) is 0 Å². The van der Waals surface area contributed by atoms with E-state index in [9.17, 15) is 13.2 Å². The maximum absolute atomic E-state index is 13.3. The molecule has 0 fully saturated rings. The van der Waals surface area contributed by atoms with Gasteiger partial charge in [-0.15, -0.1) is 11.3 Å². The van der Waals surface area contributed by atoms with E-state index < -0.39 is 10.0 Å². The number of amides is 1. The van der Waals surface area contributed by atoms with Crippen LogP contribution < -0.4 is 4.90 Å². The number of sulfonamides is 1. The highest BCUT2D eigenvalue weighted by molar-refractivity contribution is 7.89. The number of fused-ring (bicyclic) bond motifs is 1. The Morgan fingerprint density at radius 2 is 2.00 bits per heavy atom. The molecule has 0 atom stereocenters. The van der Waals surface area contributed by atoms with Gasteiger partial charge in [0.2, 0.25) is 15.9 Å². The van der Waals surface area contributed by atoms with Crippen LogP contribution in [0.2, 0.25) is 0 Å². The van der Waals surface area contributed by atoms with E-state index in [-0.39, 0.29) is 17.3 Å². The third-order valence-electron chi connectivity index (χ3n) is 5.53. The zero-order valence-electron chi connectivity index (χ0n) is 18.2. The Balaban J connectivity index is 1.54. The summed E-state index contributed by atoms with van der Waals surface area (Å²) < 4.78 is 31.7. The first-order valence-corrected chi connectivity index (χ1v) is 12.8. The molecule has 9 heteroatoms. The molecule has 0 unspecified atom stereocenters. The number of carbonyl (C=O) groups is 1. The maximum atomic E-state index is 13.3. The summed E-state index contributed by atoms with van der Waals surface area (Å²) in [6, 6.07) is 12.9. The number of benzene rings is 1. The Labute approximate surface area is 192 Å². The van der Waals surface area contributed by atoms with Gasteiger partial charge in [-0.1, -0.05) is 6.07 Å². The van der Waals surface area contributed by atoms with Crippen molar-refractivity contribution in [2.45, 2.75) is 30.8 Å². The van der Waals surface area contributed by atoms with Crippen molar-refractivity contribution < 1.29 is 17.6 Å². The summed E-state index contributed by atoms with van der Waals surface area (Å²) in [5.41, 5.74) is 1.69. The van der Waals surface area contributed by atoms with Gasteiger partial charge in [-0.25, -0.2) is 12.7 Å². The van der Waals surface area contributed by atoms with Gasteiger partial charge in [0.05, 0.1) is 24.2 Å². The average Bonchev–Trinajstić information content (AvgIpc) is 3.47. The quantitative estimate of drug-likeness (QED) is 0.500. The van der Waals surface area contributed by atoms with Gasteiger partial charge in [-0.05, 0) is 60.2 Å². The predicted molar refractivity (Wildman–Crippen MR) is 125 cm³/mol. The molecule has 170 valence electrons. The molecule has 2 aromatic heterocycles. The lowest BCUT2D eigenvalue weighted by molar-refractivity contribution is -0.120. The van der Waals surface area contributed by atoms with Crippen LogP contribution in [0.15, 0.2) is 63.4 Å². The van der Waals surface area contributed by atoms with Crippen molar-refractivity contribution in [1.82, 2.24) is 9.21 Å². The van der Waals surface area contributed by atoms with Crippen LogP contribution in [-0.2, 0) is 34.3 Å². The fraction of sp³-hybridized carbons (Fsp3) is 0.348. The second kappa shape index (κ2) is 9.58. The van der Waals surface area contributed by atoms with Crippen LogP contribution in [0.5, 0.6) is 0 Å². The summed E-state index contributed by atoms with van der Waals surface area (Å²) >= 11 is 1.66. The molecule has 1 aliphatic heterocycles. The molecule has 4 rings (SSSR count). The first kappa shape index (κ1) is 22.7. The Bertz CT molecular complexity index is 1120. The monoisotopic (exact) mass is 473 g/mol. The number of nitrogens with zero attached hydrogens (tertiary/aromatic N) is 3. The first-order chi connectivity index (χ1) is 15.3. The van der Waals surface area contributed by atoms with Crippen LogP contribution in [0.1, 0.15) is 22.6 Å². The molecule has 0 saturated heterocycles. The molecular formula is C23H27N3O4S2. The Morgan fingerprint density at radius 3 is 2.69 bits per heavy atom. The first-order valence-electron chi connectivity index (χ1n) is 10.5. The highest BCUT2D eigenvalue weighted by Gasteiger charge is 2.27. The fourth-order valence-corrected chi connectivity index (χ4v) is 5.59. The van der Waals surface area contributed by atoms with Crippen LogP contribution in [0.4, 0.5) is 5.69 Å². The predicted octanol–water partition coefficient (Wildman–Crippen LogP) is 3.57. The third-order valence-corrected chi connectivity index (χ3v) is 8.20. The van der Waals surface area contributed by atoms with Crippen LogP contribution >= 0.6 is 11.3 Å². The minimum atomic E-state index is -3.51. The summed E-state index contributed by atoms with van der Waals surface area (Å²) in [7, 11) is -0.474. The zero-order valence-corrected chi connectivity index (χ0v) is 19.9. The Hall–Kier alpha value is -2.46. The number of rotatable bonds is 8. The maximum Gasteiger partial charge on any atom is 0.242 e. The fourth-order valence-electron chi connectivity index (χ4n) is 3.89. The minimum Gasteiger partial charge on any atom is -0.468 e. The van der Waals surface area contributed by atoms with Crippen molar-refractivity contribution in [3.63, 3.8) is 0 Å². The molecule has 0 saturated carbocycles. The summed E-state index contributed by atoms with van der Waals surface area (Å²) in [5.74, 6) is 0.809. The van der Waals surface area contributed by atoms with E-state index in [4.69, 9.17) is 4.42 Å². The van der Waals surface area contributed by atoms with E-state index in [1.807, 2.05) is 23.6 Å². The van der Waals surface area contributed by atoms with Gasteiger partial charge in [0.15, 0.2) is 0 Å². The summed E-state index contributed by atoms with van der Waals surface area (Å²) in [5, 5.41) is 2.03. The SMILES string of the molecule is CN(C)S(=O)(=O)c1ccc2c(c1)CCCN2C(=O)CN(Cc1ccco1)Cc1cccs1.